The van der Waals surface area contributed by atoms with Crippen LogP contribution in [-0.2, 0) is 0 Å². The molecule has 1 radical (unpaired) electrons. The fourth-order valence-corrected chi connectivity index (χ4v) is 5.23. The van der Waals surface area contributed by atoms with E-state index in [2.05, 4.69) is 22.4 Å². The van der Waals surface area contributed by atoms with Crippen LogP contribution in [0.5, 0.6) is 0 Å². The summed E-state index contributed by atoms with van der Waals surface area (Å²) in [5.41, 5.74) is 0. The molecule has 2 aliphatic carbocycles. The van der Waals surface area contributed by atoms with Gasteiger partial charge in [0.05, 0.1) is 0 Å². The Kier molecular flexibility index (Phi) is 10.2. The van der Waals surface area contributed by atoms with E-state index in [0.717, 1.165) is 17.8 Å². The first-order valence-electron chi connectivity index (χ1n) is 10.3. The van der Waals surface area contributed by atoms with Gasteiger partial charge in [-0.2, -0.15) is 0 Å². The molecule has 2 aliphatic rings. The molecule has 0 nitrogen and oxygen atoms in total. The maximum absolute atomic E-state index is 3.62. The minimum atomic E-state index is 0.940. The van der Waals surface area contributed by atoms with Crippen molar-refractivity contribution in [3.8, 4) is 0 Å². The highest BCUT2D eigenvalue weighted by Crippen LogP contribution is 2.40. The normalized spacial score (nSPS) is 23.7. The summed E-state index contributed by atoms with van der Waals surface area (Å²) < 4.78 is 0. The molecule has 0 atom stereocenters. The van der Waals surface area contributed by atoms with Crippen LogP contribution in [0.15, 0.2) is 0 Å². The molecule has 0 aromatic carbocycles. The Morgan fingerprint density at radius 3 is 1.50 bits per heavy atom. The average molecular weight is 370 g/mol. The molecule has 2 fully saturated rings. The molecule has 0 saturated heterocycles. The molecule has 0 N–H and O–H groups in total. The van der Waals surface area contributed by atoms with Gasteiger partial charge in [0.15, 0.2) is 0 Å². The van der Waals surface area contributed by atoms with Gasteiger partial charge in [-0.1, -0.05) is 106 Å². The Hall–Kier alpha value is 0.480. The zero-order chi connectivity index (χ0) is 15.5. The Bertz CT molecular complexity index is 225. The van der Waals surface area contributed by atoms with Crippen molar-refractivity contribution in [2.24, 2.45) is 17.8 Å². The number of halogens is 1. The summed E-state index contributed by atoms with van der Waals surface area (Å²) in [6.45, 7) is 0. The molecule has 0 aliphatic heterocycles. The lowest BCUT2D eigenvalue weighted by Crippen LogP contribution is -2.26. The van der Waals surface area contributed by atoms with Crippen molar-refractivity contribution in [1.82, 2.24) is 0 Å². The van der Waals surface area contributed by atoms with Gasteiger partial charge in [0, 0.05) is 5.33 Å². The van der Waals surface area contributed by atoms with Crippen molar-refractivity contribution in [2.75, 3.05) is 5.33 Å². The van der Waals surface area contributed by atoms with Gasteiger partial charge in [0.2, 0.25) is 0 Å². The predicted octanol–water partition coefficient (Wildman–Crippen LogP) is 7.70. The minimum absolute atomic E-state index is 0.940. The SMILES string of the molecule is BrCCC[CH]C(C1CCCCCCC1)C1CCCCCCC1. The fraction of sp³-hybridized carbons (Fsp3) is 0.952. The third-order valence-corrected chi connectivity index (χ3v) is 6.73. The summed E-state index contributed by atoms with van der Waals surface area (Å²) in [5.74, 6) is 2.97. The van der Waals surface area contributed by atoms with Gasteiger partial charge in [0.1, 0.15) is 0 Å². The van der Waals surface area contributed by atoms with Crippen LogP contribution < -0.4 is 0 Å². The molecule has 0 spiro atoms. The smallest absolute Gasteiger partial charge is 0.00314 e. The van der Waals surface area contributed by atoms with E-state index in [1.165, 1.54) is 108 Å². The molecule has 129 valence electrons. The van der Waals surface area contributed by atoms with Crippen LogP contribution in [0.1, 0.15) is 103 Å². The summed E-state index contributed by atoms with van der Waals surface area (Å²) in [6.07, 6.45) is 26.5. The van der Waals surface area contributed by atoms with Gasteiger partial charge in [-0.3, -0.25) is 0 Å². The third-order valence-electron chi connectivity index (χ3n) is 6.16. The largest absolute Gasteiger partial charge is 0.0928 e. The Balaban J connectivity index is 1.95. The minimum Gasteiger partial charge on any atom is -0.0928 e. The van der Waals surface area contributed by atoms with Crippen molar-refractivity contribution >= 4 is 15.9 Å². The highest BCUT2D eigenvalue weighted by molar-refractivity contribution is 9.09. The molecule has 2 saturated carbocycles. The summed E-state index contributed by atoms with van der Waals surface area (Å²) in [7, 11) is 0. The summed E-state index contributed by atoms with van der Waals surface area (Å²) in [4.78, 5) is 0. The van der Waals surface area contributed by atoms with Gasteiger partial charge in [-0.25, -0.2) is 0 Å². The third kappa shape index (κ3) is 6.93. The first-order valence-corrected chi connectivity index (χ1v) is 11.4. The molecule has 0 heterocycles. The van der Waals surface area contributed by atoms with E-state index >= 15 is 0 Å². The van der Waals surface area contributed by atoms with Crippen molar-refractivity contribution in [3.63, 3.8) is 0 Å². The zero-order valence-electron chi connectivity index (χ0n) is 14.7. The number of rotatable bonds is 6. The van der Waals surface area contributed by atoms with Crippen LogP contribution in [-0.4, -0.2) is 5.33 Å². The summed E-state index contributed by atoms with van der Waals surface area (Å²) in [6, 6.07) is 0. The van der Waals surface area contributed by atoms with E-state index in [-0.39, 0.29) is 0 Å². The first kappa shape index (κ1) is 18.8. The second-order valence-corrected chi connectivity index (χ2v) is 8.65. The lowest BCUT2D eigenvalue weighted by molar-refractivity contribution is 0.184. The van der Waals surface area contributed by atoms with Gasteiger partial charge in [-0.15, -0.1) is 0 Å². The zero-order valence-corrected chi connectivity index (χ0v) is 16.3. The Morgan fingerprint density at radius 2 is 1.09 bits per heavy atom. The second kappa shape index (κ2) is 11.9. The highest BCUT2D eigenvalue weighted by Gasteiger charge is 2.29. The quantitative estimate of drug-likeness (QED) is 0.332. The molecule has 0 bridgehead atoms. The monoisotopic (exact) mass is 369 g/mol. The van der Waals surface area contributed by atoms with E-state index < -0.39 is 0 Å². The number of hydrogen-bond donors (Lipinski definition) is 0. The van der Waals surface area contributed by atoms with Crippen LogP contribution >= 0.6 is 15.9 Å². The number of hydrogen-bond acceptors (Lipinski definition) is 0. The molecule has 22 heavy (non-hydrogen) atoms. The lowest BCUT2D eigenvalue weighted by atomic mass is 9.69. The lowest BCUT2D eigenvalue weighted by Gasteiger charge is -2.36. The first-order chi connectivity index (χ1) is 10.9. The maximum Gasteiger partial charge on any atom is 0.00314 e. The second-order valence-electron chi connectivity index (χ2n) is 7.85. The maximum atomic E-state index is 3.62. The van der Waals surface area contributed by atoms with E-state index in [4.69, 9.17) is 0 Å². The molecule has 0 aromatic rings. The van der Waals surface area contributed by atoms with E-state index in [1.54, 1.807) is 0 Å². The van der Waals surface area contributed by atoms with Crippen molar-refractivity contribution in [3.05, 3.63) is 6.42 Å². The molecule has 0 unspecified atom stereocenters. The van der Waals surface area contributed by atoms with E-state index in [9.17, 15) is 0 Å². The van der Waals surface area contributed by atoms with Crippen LogP contribution in [0.3, 0.4) is 0 Å². The summed E-state index contributed by atoms with van der Waals surface area (Å²) in [5, 5.41) is 1.17. The van der Waals surface area contributed by atoms with Crippen LogP contribution in [0, 0.1) is 24.2 Å². The van der Waals surface area contributed by atoms with Crippen LogP contribution in [0.2, 0.25) is 0 Å². The van der Waals surface area contributed by atoms with Gasteiger partial charge >= 0.3 is 0 Å². The van der Waals surface area contributed by atoms with E-state index in [0.29, 0.717) is 0 Å². The number of alkyl halides is 1. The van der Waals surface area contributed by atoms with Gasteiger partial charge in [0.25, 0.3) is 0 Å². The molecular weight excluding hydrogens is 332 g/mol. The van der Waals surface area contributed by atoms with Gasteiger partial charge in [-0.05, 0) is 37.0 Å². The van der Waals surface area contributed by atoms with Crippen LogP contribution in [0.4, 0.5) is 0 Å². The van der Waals surface area contributed by atoms with Crippen molar-refractivity contribution in [2.45, 2.75) is 103 Å². The predicted molar refractivity (Wildman–Crippen MR) is 102 cm³/mol. The van der Waals surface area contributed by atoms with E-state index in [1.807, 2.05) is 0 Å². The Morgan fingerprint density at radius 1 is 0.682 bits per heavy atom. The molecule has 0 aromatic heterocycles. The summed E-state index contributed by atoms with van der Waals surface area (Å²) >= 11 is 3.62. The molecular formula is C21H38Br. The average Bonchev–Trinajstić information content (AvgIpc) is 2.45. The van der Waals surface area contributed by atoms with Crippen LogP contribution in [0.25, 0.3) is 0 Å². The molecule has 1 heteroatoms. The van der Waals surface area contributed by atoms with Crippen molar-refractivity contribution < 1.29 is 0 Å². The fourth-order valence-electron chi connectivity index (χ4n) is 4.90. The Labute approximate surface area is 148 Å². The highest BCUT2D eigenvalue weighted by atomic mass is 79.9. The molecule has 0 amide bonds. The topological polar surface area (TPSA) is 0 Å². The van der Waals surface area contributed by atoms with Crippen molar-refractivity contribution in [1.29, 1.82) is 0 Å². The van der Waals surface area contributed by atoms with Gasteiger partial charge < -0.3 is 0 Å². The number of unbranched alkanes of at least 4 members (excludes halogenated alkanes) is 1. The standard InChI is InChI=1S/C21H38Br/c22-18-12-11-17-21(19-13-7-3-1-4-8-14-19)20-15-9-5-2-6-10-16-20/h17,19-21H,1-16,18H2. The molecule has 2 rings (SSSR count).